The summed E-state index contributed by atoms with van der Waals surface area (Å²) in [5.41, 5.74) is 0. The second kappa shape index (κ2) is 4.27. The molecule has 0 saturated heterocycles. The Morgan fingerprint density at radius 2 is 1.71 bits per heavy atom. The van der Waals surface area contributed by atoms with Gasteiger partial charge in [-0.2, -0.15) is 0 Å². The van der Waals surface area contributed by atoms with Crippen LogP contribution >= 0.6 is 0 Å². The first-order valence-corrected chi connectivity index (χ1v) is 6.97. The highest BCUT2D eigenvalue weighted by atomic mass is 16.5. The number of carboxylic acid groups (broad SMARTS) is 1. The minimum Gasteiger partial charge on any atom is -0.480 e. The Hall–Kier alpha value is -0.570. The predicted molar refractivity (Wildman–Crippen MR) is 63.6 cm³/mol. The SMILES string of the molecule is CC(OCC(=O)O)C1C2CC3CC(C2)CC1C3. The number of rotatable bonds is 4. The van der Waals surface area contributed by atoms with Crippen molar-refractivity contribution in [3.05, 3.63) is 0 Å². The zero-order valence-corrected chi connectivity index (χ0v) is 10.5. The predicted octanol–water partition coefficient (Wildman–Crippen LogP) is 2.55. The van der Waals surface area contributed by atoms with E-state index < -0.39 is 5.97 Å². The summed E-state index contributed by atoms with van der Waals surface area (Å²) < 4.78 is 5.53. The molecule has 0 aliphatic heterocycles. The summed E-state index contributed by atoms with van der Waals surface area (Å²) in [7, 11) is 0. The maximum absolute atomic E-state index is 10.6. The summed E-state index contributed by atoms with van der Waals surface area (Å²) in [4.78, 5) is 10.6. The van der Waals surface area contributed by atoms with Gasteiger partial charge in [0.2, 0.25) is 0 Å². The van der Waals surface area contributed by atoms with Crippen LogP contribution in [-0.4, -0.2) is 23.8 Å². The average Bonchev–Trinajstić information content (AvgIpc) is 2.24. The van der Waals surface area contributed by atoms with E-state index >= 15 is 0 Å². The van der Waals surface area contributed by atoms with E-state index in [0.717, 1.165) is 23.7 Å². The summed E-state index contributed by atoms with van der Waals surface area (Å²) in [5, 5.41) is 8.69. The zero-order valence-electron chi connectivity index (χ0n) is 10.5. The van der Waals surface area contributed by atoms with Gasteiger partial charge in [0.15, 0.2) is 0 Å². The molecular formula is C14H22O3. The van der Waals surface area contributed by atoms with Crippen molar-refractivity contribution >= 4 is 5.97 Å². The van der Waals surface area contributed by atoms with Crippen molar-refractivity contribution in [3.8, 4) is 0 Å². The summed E-state index contributed by atoms with van der Waals surface area (Å²) >= 11 is 0. The number of ether oxygens (including phenoxy) is 1. The Bertz CT molecular complexity index is 285. The maximum atomic E-state index is 10.6. The lowest BCUT2D eigenvalue weighted by atomic mass is 9.51. The normalized spacial score (nSPS) is 44.9. The Balaban J connectivity index is 1.65. The van der Waals surface area contributed by atoms with Crippen LogP contribution < -0.4 is 0 Å². The van der Waals surface area contributed by atoms with Gasteiger partial charge in [-0.1, -0.05) is 0 Å². The molecular weight excluding hydrogens is 216 g/mol. The molecule has 4 aliphatic carbocycles. The quantitative estimate of drug-likeness (QED) is 0.818. The molecule has 1 atom stereocenters. The molecule has 0 aromatic rings. The fourth-order valence-corrected chi connectivity index (χ4v) is 5.05. The fourth-order valence-electron chi connectivity index (χ4n) is 5.05. The van der Waals surface area contributed by atoms with E-state index in [2.05, 4.69) is 6.92 Å². The first-order chi connectivity index (χ1) is 8.13. The maximum Gasteiger partial charge on any atom is 0.329 e. The lowest BCUT2D eigenvalue weighted by Crippen LogP contribution is -2.49. The van der Waals surface area contributed by atoms with Gasteiger partial charge in [0.1, 0.15) is 6.61 Å². The Morgan fingerprint density at radius 3 is 2.18 bits per heavy atom. The van der Waals surface area contributed by atoms with Crippen molar-refractivity contribution in [1.29, 1.82) is 0 Å². The van der Waals surface area contributed by atoms with Crippen LogP contribution in [0.25, 0.3) is 0 Å². The lowest BCUT2D eigenvalue weighted by Gasteiger charge is -2.55. The first kappa shape index (κ1) is 11.5. The third kappa shape index (κ3) is 2.10. The van der Waals surface area contributed by atoms with Crippen molar-refractivity contribution < 1.29 is 14.6 Å². The van der Waals surface area contributed by atoms with Crippen molar-refractivity contribution in [2.24, 2.45) is 29.6 Å². The molecule has 17 heavy (non-hydrogen) atoms. The molecule has 4 rings (SSSR count). The molecule has 0 aromatic carbocycles. The van der Waals surface area contributed by atoms with Gasteiger partial charge in [-0.25, -0.2) is 4.79 Å². The first-order valence-electron chi connectivity index (χ1n) is 6.97. The third-order valence-corrected chi connectivity index (χ3v) is 5.31. The van der Waals surface area contributed by atoms with E-state index in [1.807, 2.05) is 0 Å². The van der Waals surface area contributed by atoms with Gasteiger partial charge in [0.25, 0.3) is 0 Å². The van der Waals surface area contributed by atoms with Gasteiger partial charge < -0.3 is 9.84 Å². The van der Waals surface area contributed by atoms with E-state index in [9.17, 15) is 4.79 Å². The second-order valence-electron chi connectivity index (χ2n) is 6.42. The molecule has 4 bridgehead atoms. The Morgan fingerprint density at radius 1 is 1.18 bits per heavy atom. The molecule has 0 amide bonds. The Labute approximate surface area is 103 Å². The number of aliphatic carboxylic acids is 1. The molecule has 96 valence electrons. The third-order valence-electron chi connectivity index (χ3n) is 5.31. The number of carboxylic acids is 1. The van der Waals surface area contributed by atoms with E-state index in [1.165, 1.54) is 32.1 Å². The van der Waals surface area contributed by atoms with Crippen LogP contribution in [0.1, 0.15) is 39.0 Å². The molecule has 0 aromatic heterocycles. The van der Waals surface area contributed by atoms with Crippen LogP contribution in [0.5, 0.6) is 0 Å². The van der Waals surface area contributed by atoms with Gasteiger partial charge in [-0.3, -0.25) is 0 Å². The van der Waals surface area contributed by atoms with Gasteiger partial charge >= 0.3 is 5.97 Å². The largest absolute Gasteiger partial charge is 0.480 e. The van der Waals surface area contributed by atoms with Crippen molar-refractivity contribution in [2.45, 2.75) is 45.1 Å². The van der Waals surface area contributed by atoms with Gasteiger partial charge in [0, 0.05) is 0 Å². The number of hydrogen-bond acceptors (Lipinski definition) is 2. The molecule has 0 spiro atoms. The van der Waals surface area contributed by atoms with Crippen LogP contribution in [0.2, 0.25) is 0 Å². The van der Waals surface area contributed by atoms with Crippen LogP contribution in [0.3, 0.4) is 0 Å². The molecule has 4 fully saturated rings. The van der Waals surface area contributed by atoms with E-state index in [-0.39, 0.29) is 12.7 Å². The fraction of sp³-hybridized carbons (Fsp3) is 0.929. The zero-order chi connectivity index (χ0) is 12.0. The van der Waals surface area contributed by atoms with E-state index in [1.54, 1.807) is 0 Å². The summed E-state index contributed by atoms with van der Waals surface area (Å²) in [6.45, 7) is 1.94. The molecule has 4 aliphatic rings. The standard InChI is InChI=1S/C14H22O3/c1-8(17-7-13(15)16)14-11-3-9-2-10(5-11)6-12(14)4-9/h8-12,14H,2-7H2,1H3,(H,15,16). The van der Waals surface area contributed by atoms with Crippen molar-refractivity contribution in [3.63, 3.8) is 0 Å². The topological polar surface area (TPSA) is 46.5 Å². The van der Waals surface area contributed by atoms with Crippen LogP contribution in [0.4, 0.5) is 0 Å². The molecule has 1 N–H and O–H groups in total. The van der Waals surface area contributed by atoms with Crippen LogP contribution in [0.15, 0.2) is 0 Å². The van der Waals surface area contributed by atoms with Gasteiger partial charge in [-0.05, 0) is 68.6 Å². The highest BCUT2D eigenvalue weighted by Crippen LogP contribution is 2.57. The molecule has 0 heterocycles. The molecule has 0 radical (unpaired) electrons. The molecule has 3 heteroatoms. The molecule has 1 unspecified atom stereocenters. The summed E-state index contributed by atoms with van der Waals surface area (Å²) in [5.74, 6) is 3.36. The van der Waals surface area contributed by atoms with Gasteiger partial charge in [-0.15, -0.1) is 0 Å². The lowest BCUT2D eigenvalue weighted by molar-refractivity contribution is -0.151. The summed E-state index contributed by atoms with van der Waals surface area (Å²) in [6, 6.07) is 0. The van der Waals surface area contributed by atoms with Crippen LogP contribution in [0, 0.1) is 29.6 Å². The minimum absolute atomic E-state index is 0.126. The number of hydrogen-bond donors (Lipinski definition) is 1. The Kier molecular flexibility index (Phi) is 2.89. The highest BCUT2D eigenvalue weighted by Gasteiger charge is 2.49. The van der Waals surface area contributed by atoms with Crippen molar-refractivity contribution in [2.75, 3.05) is 6.61 Å². The summed E-state index contributed by atoms with van der Waals surface area (Å²) in [6.07, 6.45) is 7.08. The van der Waals surface area contributed by atoms with Crippen LogP contribution in [-0.2, 0) is 9.53 Å². The number of carbonyl (C=O) groups is 1. The van der Waals surface area contributed by atoms with E-state index in [4.69, 9.17) is 9.84 Å². The monoisotopic (exact) mass is 238 g/mol. The molecule has 4 saturated carbocycles. The van der Waals surface area contributed by atoms with Gasteiger partial charge in [0.05, 0.1) is 6.10 Å². The van der Waals surface area contributed by atoms with E-state index in [0.29, 0.717) is 5.92 Å². The average molecular weight is 238 g/mol. The smallest absolute Gasteiger partial charge is 0.329 e. The highest BCUT2D eigenvalue weighted by molar-refractivity contribution is 5.68. The van der Waals surface area contributed by atoms with Crippen molar-refractivity contribution in [1.82, 2.24) is 0 Å². The minimum atomic E-state index is -0.847. The second-order valence-corrected chi connectivity index (χ2v) is 6.42. The molecule has 3 nitrogen and oxygen atoms in total.